The molecule has 1 amide bonds. The average Bonchev–Trinajstić information content (AvgIpc) is 2.94. The molecule has 2 N–H and O–H groups in total. The summed E-state index contributed by atoms with van der Waals surface area (Å²) in [5, 5.41) is 13.8. The Morgan fingerprint density at radius 3 is 2.12 bits per heavy atom. The lowest BCUT2D eigenvalue weighted by Gasteiger charge is -2.42. The summed E-state index contributed by atoms with van der Waals surface area (Å²) in [6, 6.07) is 14.5. The van der Waals surface area contributed by atoms with Crippen molar-refractivity contribution < 1.29 is 28.8 Å². The number of rotatable bonds is 9. The molecule has 0 aliphatic heterocycles. The van der Waals surface area contributed by atoms with E-state index >= 15 is 0 Å². The number of hydrogen-bond donors (Lipinski definition) is 2. The van der Waals surface area contributed by atoms with Crippen molar-refractivity contribution in [1.82, 2.24) is 5.43 Å². The number of phenolic OH excluding ortho intramolecular Hbond substituents is 1. The summed E-state index contributed by atoms with van der Waals surface area (Å²) in [5.74, 6) is 1.14. The maximum Gasteiger partial charge on any atom is 0.271 e. The molecule has 0 bridgehead atoms. The molecule has 0 fully saturated rings. The number of fused-ring (bicyclic) bond motifs is 1. The molecule has 8 nitrogen and oxygen atoms in total. The van der Waals surface area contributed by atoms with Crippen LogP contribution in [0.5, 0.6) is 28.7 Å². The minimum Gasteiger partial charge on any atom is -0.504 e. The fraction of sp³-hybridized carbons (Fsp3) is 0.375. The van der Waals surface area contributed by atoms with E-state index in [1.807, 2.05) is 0 Å². The van der Waals surface area contributed by atoms with Crippen LogP contribution in [0.15, 0.2) is 53.6 Å². The Bertz CT molecular complexity index is 1400. The summed E-state index contributed by atoms with van der Waals surface area (Å²) in [4.78, 5) is 12.5. The molecule has 3 aromatic carbocycles. The normalized spacial score (nSPS) is 15.3. The second-order valence-corrected chi connectivity index (χ2v) is 11.3. The number of aromatic hydroxyl groups is 1. The highest BCUT2D eigenvalue weighted by Gasteiger charge is 2.37. The molecule has 4 rings (SSSR count). The number of hydrazone groups is 1. The highest BCUT2D eigenvalue weighted by Crippen LogP contribution is 2.46. The number of ether oxygens (including phenoxy) is 4. The number of phenols is 1. The Labute approximate surface area is 235 Å². The van der Waals surface area contributed by atoms with Gasteiger partial charge in [0.2, 0.25) is 5.75 Å². The largest absolute Gasteiger partial charge is 0.504 e. The van der Waals surface area contributed by atoms with Crippen LogP contribution in [0.4, 0.5) is 0 Å². The summed E-state index contributed by atoms with van der Waals surface area (Å²) < 4.78 is 22.5. The highest BCUT2D eigenvalue weighted by molar-refractivity contribution is 5.95. The predicted molar refractivity (Wildman–Crippen MR) is 155 cm³/mol. The van der Waals surface area contributed by atoms with E-state index in [4.69, 9.17) is 18.9 Å². The van der Waals surface area contributed by atoms with Crippen LogP contribution in [0.1, 0.15) is 73.1 Å². The molecule has 0 spiro atoms. The number of methoxy groups -OCH3 is 3. The van der Waals surface area contributed by atoms with Crippen molar-refractivity contribution in [3.8, 4) is 28.7 Å². The standard InChI is InChI=1S/C32H38N2O6/c1-31(2)12-13-32(3,4)24-14-20(8-10-23(24)31)19-40-29-27(38-6)15-21(16-28(29)39-7)18-33-34-30(36)22-9-11-25(35)26(17-22)37-5/h8-11,14-18,35H,12-13,19H2,1-7H3,(H,34,36)/b33-18+. The Morgan fingerprint density at radius 2 is 1.50 bits per heavy atom. The second kappa shape index (κ2) is 11.5. The van der Waals surface area contributed by atoms with Gasteiger partial charge in [-0.3, -0.25) is 4.79 Å². The number of nitrogens with zero attached hydrogens (tertiary/aromatic N) is 1. The summed E-state index contributed by atoms with van der Waals surface area (Å²) in [6.07, 6.45) is 3.80. The Balaban J connectivity index is 1.50. The highest BCUT2D eigenvalue weighted by atomic mass is 16.5. The van der Waals surface area contributed by atoms with E-state index in [0.717, 1.165) is 12.0 Å². The molecular weight excluding hydrogens is 508 g/mol. The Morgan fingerprint density at radius 1 is 0.875 bits per heavy atom. The third-order valence-corrected chi connectivity index (χ3v) is 7.60. The van der Waals surface area contributed by atoms with Gasteiger partial charge in [-0.2, -0.15) is 5.10 Å². The summed E-state index contributed by atoms with van der Waals surface area (Å²) in [7, 11) is 4.54. The van der Waals surface area contributed by atoms with Crippen LogP contribution in [0.2, 0.25) is 0 Å². The second-order valence-electron chi connectivity index (χ2n) is 11.3. The first-order chi connectivity index (χ1) is 19.0. The summed E-state index contributed by atoms with van der Waals surface area (Å²) in [5.41, 5.74) is 7.53. The predicted octanol–water partition coefficient (Wildman–Crippen LogP) is 6.11. The van der Waals surface area contributed by atoms with E-state index in [2.05, 4.69) is 56.4 Å². The van der Waals surface area contributed by atoms with Gasteiger partial charge in [0, 0.05) is 11.1 Å². The van der Waals surface area contributed by atoms with Gasteiger partial charge in [0.05, 0.1) is 27.5 Å². The molecule has 0 unspecified atom stereocenters. The molecule has 212 valence electrons. The fourth-order valence-electron chi connectivity index (χ4n) is 5.05. The summed E-state index contributed by atoms with van der Waals surface area (Å²) in [6.45, 7) is 9.60. The molecule has 0 radical (unpaired) electrons. The van der Waals surface area contributed by atoms with Crippen LogP contribution >= 0.6 is 0 Å². The molecule has 0 saturated heterocycles. The quantitative estimate of drug-likeness (QED) is 0.248. The minimum atomic E-state index is -0.454. The number of benzene rings is 3. The van der Waals surface area contributed by atoms with Gasteiger partial charge in [0.1, 0.15) is 6.61 Å². The van der Waals surface area contributed by atoms with Crippen molar-refractivity contribution in [2.24, 2.45) is 5.10 Å². The molecular formula is C32H38N2O6. The Hall–Kier alpha value is -4.20. The van der Waals surface area contributed by atoms with Gasteiger partial charge in [-0.1, -0.05) is 45.9 Å². The van der Waals surface area contributed by atoms with E-state index in [0.29, 0.717) is 35.0 Å². The number of hydrogen-bond acceptors (Lipinski definition) is 7. The SMILES string of the molecule is COc1cc(C(=O)N/N=C/c2cc(OC)c(OCc3ccc4c(c3)C(C)(C)CCC4(C)C)c(OC)c2)ccc1O. The van der Waals surface area contributed by atoms with Crippen molar-refractivity contribution in [2.75, 3.05) is 21.3 Å². The minimum absolute atomic E-state index is 0.0524. The van der Waals surface area contributed by atoms with Gasteiger partial charge in [-0.15, -0.1) is 0 Å². The molecule has 40 heavy (non-hydrogen) atoms. The van der Waals surface area contributed by atoms with E-state index < -0.39 is 5.91 Å². The third kappa shape index (κ3) is 6.01. The van der Waals surface area contributed by atoms with Crippen LogP contribution in [0.3, 0.4) is 0 Å². The lowest BCUT2D eigenvalue weighted by atomic mass is 9.63. The van der Waals surface area contributed by atoms with E-state index in [1.165, 1.54) is 49.1 Å². The average molecular weight is 547 g/mol. The van der Waals surface area contributed by atoms with Gasteiger partial charge >= 0.3 is 0 Å². The molecule has 0 atom stereocenters. The van der Waals surface area contributed by atoms with E-state index in [1.54, 1.807) is 26.4 Å². The van der Waals surface area contributed by atoms with Gasteiger partial charge in [0.25, 0.3) is 5.91 Å². The molecule has 1 aliphatic carbocycles. The third-order valence-electron chi connectivity index (χ3n) is 7.60. The smallest absolute Gasteiger partial charge is 0.271 e. The number of carbonyl (C=O) groups is 1. The van der Waals surface area contributed by atoms with Crippen LogP contribution in [0.25, 0.3) is 0 Å². The molecule has 0 aromatic heterocycles. The van der Waals surface area contributed by atoms with Gasteiger partial charge in [-0.25, -0.2) is 5.43 Å². The molecule has 8 heteroatoms. The van der Waals surface area contributed by atoms with Crippen molar-refractivity contribution in [2.45, 2.75) is 58.0 Å². The Kier molecular flexibility index (Phi) is 8.28. The first-order valence-electron chi connectivity index (χ1n) is 13.2. The topological polar surface area (TPSA) is 98.6 Å². The molecule has 1 aliphatic rings. The van der Waals surface area contributed by atoms with E-state index in [9.17, 15) is 9.90 Å². The molecule has 3 aromatic rings. The van der Waals surface area contributed by atoms with Crippen LogP contribution in [-0.4, -0.2) is 38.6 Å². The van der Waals surface area contributed by atoms with Crippen molar-refractivity contribution >= 4 is 12.1 Å². The zero-order valence-electron chi connectivity index (χ0n) is 24.3. The first-order valence-corrected chi connectivity index (χ1v) is 13.2. The van der Waals surface area contributed by atoms with E-state index in [-0.39, 0.29) is 22.3 Å². The zero-order chi connectivity index (χ0) is 29.1. The van der Waals surface area contributed by atoms with Crippen LogP contribution < -0.4 is 24.4 Å². The first kappa shape index (κ1) is 28.8. The maximum absolute atomic E-state index is 12.5. The number of amides is 1. The lowest BCUT2D eigenvalue weighted by Crippen LogP contribution is -2.33. The van der Waals surface area contributed by atoms with Crippen LogP contribution in [-0.2, 0) is 17.4 Å². The van der Waals surface area contributed by atoms with Crippen molar-refractivity contribution in [3.63, 3.8) is 0 Å². The number of carbonyl (C=O) groups excluding carboxylic acids is 1. The van der Waals surface area contributed by atoms with Crippen molar-refractivity contribution in [3.05, 3.63) is 76.3 Å². The van der Waals surface area contributed by atoms with Gasteiger partial charge in [-0.05, 0) is 70.7 Å². The van der Waals surface area contributed by atoms with Crippen LogP contribution in [0, 0.1) is 0 Å². The molecule has 0 heterocycles. The van der Waals surface area contributed by atoms with Crippen molar-refractivity contribution in [1.29, 1.82) is 0 Å². The van der Waals surface area contributed by atoms with Gasteiger partial charge in [0.15, 0.2) is 23.0 Å². The van der Waals surface area contributed by atoms with Gasteiger partial charge < -0.3 is 24.1 Å². The lowest BCUT2D eigenvalue weighted by molar-refractivity contribution is 0.0954. The number of nitrogens with one attached hydrogen (secondary N) is 1. The fourth-order valence-corrected chi connectivity index (χ4v) is 5.05. The molecule has 0 saturated carbocycles. The monoisotopic (exact) mass is 546 g/mol. The summed E-state index contributed by atoms with van der Waals surface area (Å²) >= 11 is 0. The zero-order valence-corrected chi connectivity index (χ0v) is 24.3. The maximum atomic E-state index is 12.5.